The number of carbonyl (C=O) groups is 2. The Kier molecular flexibility index (Phi) is 5.57. The lowest BCUT2D eigenvalue weighted by molar-refractivity contribution is -0.111. The molecule has 0 heterocycles. The summed E-state index contributed by atoms with van der Waals surface area (Å²) in [5.41, 5.74) is 0.368. The lowest BCUT2D eigenvalue weighted by atomic mass is 10.2. The Hall–Kier alpha value is -1.63. The highest BCUT2D eigenvalue weighted by molar-refractivity contribution is 14.1. The van der Waals surface area contributed by atoms with Gasteiger partial charge < -0.3 is 10.4 Å². The van der Waals surface area contributed by atoms with Crippen LogP contribution in [0.25, 0.3) is 0 Å². The molecule has 94 valence electrons. The molecule has 0 spiro atoms. The number of rotatable bonds is 4. The van der Waals surface area contributed by atoms with Crippen LogP contribution in [0.15, 0.2) is 42.5 Å². The van der Waals surface area contributed by atoms with Crippen molar-refractivity contribution in [1.29, 1.82) is 0 Å². The molecule has 2 N–H and O–H groups in total. The summed E-state index contributed by atoms with van der Waals surface area (Å²) in [7, 11) is 0. The summed E-state index contributed by atoms with van der Waals surface area (Å²) in [4.78, 5) is 22.6. The van der Waals surface area contributed by atoms with Crippen molar-refractivity contribution in [3.05, 3.63) is 51.6 Å². The van der Waals surface area contributed by atoms with Gasteiger partial charge in [-0.1, -0.05) is 18.2 Å². The van der Waals surface area contributed by atoms with Gasteiger partial charge in [0.25, 0.3) is 0 Å². The van der Waals surface area contributed by atoms with Crippen molar-refractivity contribution in [2.45, 2.75) is 6.92 Å². The summed E-state index contributed by atoms with van der Waals surface area (Å²) in [5, 5.41) is 11.6. The number of benzene rings is 1. The van der Waals surface area contributed by atoms with Crippen molar-refractivity contribution >= 4 is 40.2 Å². The molecule has 4 nitrogen and oxygen atoms in total. The van der Waals surface area contributed by atoms with Crippen LogP contribution in [0.4, 0.5) is 5.69 Å². The number of nitrogens with one attached hydrogen (secondary N) is 1. The van der Waals surface area contributed by atoms with Crippen LogP contribution in [-0.4, -0.2) is 17.0 Å². The fourth-order valence-corrected chi connectivity index (χ4v) is 1.72. The van der Waals surface area contributed by atoms with Gasteiger partial charge in [-0.2, -0.15) is 0 Å². The average Bonchev–Trinajstić information content (AvgIpc) is 2.31. The van der Waals surface area contributed by atoms with Gasteiger partial charge in [0, 0.05) is 9.65 Å². The summed E-state index contributed by atoms with van der Waals surface area (Å²) >= 11 is 2.02. The molecule has 5 heteroatoms. The Labute approximate surface area is 119 Å². The van der Waals surface area contributed by atoms with Gasteiger partial charge in [-0.3, -0.25) is 4.79 Å². The average molecular weight is 357 g/mol. The van der Waals surface area contributed by atoms with Crippen molar-refractivity contribution in [3.8, 4) is 0 Å². The molecule has 1 amide bonds. The molecule has 0 atom stereocenters. The van der Waals surface area contributed by atoms with Gasteiger partial charge in [0.2, 0.25) is 5.91 Å². The van der Waals surface area contributed by atoms with Gasteiger partial charge in [-0.05, 0) is 47.7 Å². The summed E-state index contributed by atoms with van der Waals surface area (Å²) in [6, 6.07) is 4.82. The van der Waals surface area contributed by atoms with Crippen molar-refractivity contribution in [1.82, 2.24) is 0 Å². The van der Waals surface area contributed by atoms with Crippen LogP contribution in [-0.2, 0) is 4.79 Å². The van der Waals surface area contributed by atoms with E-state index in [2.05, 4.69) is 5.32 Å². The molecular formula is C13H12INO3. The number of anilines is 1. The molecule has 0 radical (unpaired) electrons. The normalized spacial score (nSPS) is 11.0. The van der Waals surface area contributed by atoms with E-state index < -0.39 is 5.97 Å². The monoisotopic (exact) mass is 357 g/mol. The smallest absolute Gasteiger partial charge is 0.337 e. The Morgan fingerprint density at radius 2 is 2.06 bits per heavy atom. The van der Waals surface area contributed by atoms with Gasteiger partial charge in [-0.15, -0.1) is 0 Å². The molecular weight excluding hydrogens is 345 g/mol. The molecule has 1 aromatic carbocycles. The van der Waals surface area contributed by atoms with Crippen molar-refractivity contribution in [2.24, 2.45) is 0 Å². The fraction of sp³-hybridized carbons (Fsp3) is 0.0769. The van der Waals surface area contributed by atoms with E-state index in [0.717, 1.165) is 3.57 Å². The SMILES string of the molecule is C/C=C/C=C/C(=O)Nc1ccc(I)cc1C(=O)O. The Morgan fingerprint density at radius 1 is 1.33 bits per heavy atom. The minimum Gasteiger partial charge on any atom is -0.478 e. The van der Waals surface area contributed by atoms with Crippen molar-refractivity contribution < 1.29 is 14.7 Å². The molecule has 0 aliphatic heterocycles. The predicted octanol–water partition coefficient (Wildman–Crippen LogP) is 3.06. The van der Waals surface area contributed by atoms with Crippen LogP contribution in [0.5, 0.6) is 0 Å². The Bertz CT molecular complexity index is 521. The minimum atomic E-state index is -1.07. The predicted molar refractivity (Wildman–Crippen MR) is 78.7 cm³/mol. The zero-order valence-corrected chi connectivity index (χ0v) is 11.8. The standard InChI is InChI=1S/C13H12INO3/c1-2-3-4-5-12(16)15-11-7-6-9(14)8-10(11)13(17)18/h2-8H,1H3,(H,15,16)(H,17,18)/b3-2+,5-4+. The van der Waals surface area contributed by atoms with E-state index >= 15 is 0 Å². The largest absolute Gasteiger partial charge is 0.478 e. The molecule has 0 fully saturated rings. The Morgan fingerprint density at radius 3 is 2.67 bits per heavy atom. The number of carboxylic acids is 1. The molecule has 0 aliphatic carbocycles. The highest BCUT2D eigenvalue weighted by atomic mass is 127. The van der Waals surface area contributed by atoms with E-state index in [-0.39, 0.29) is 17.2 Å². The van der Waals surface area contributed by atoms with E-state index in [1.165, 1.54) is 12.1 Å². The first kappa shape index (κ1) is 14.4. The third-order valence-corrected chi connectivity index (χ3v) is 2.69. The third kappa shape index (κ3) is 4.33. The molecule has 0 saturated heterocycles. The second kappa shape index (κ2) is 6.95. The third-order valence-electron chi connectivity index (χ3n) is 2.02. The van der Waals surface area contributed by atoms with Crippen molar-refractivity contribution in [3.63, 3.8) is 0 Å². The number of aromatic carboxylic acids is 1. The number of allylic oxidation sites excluding steroid dienone is 3. The molecule has 18 heavy (non-hydrogen) atoms. The summed E-state index contributed by atoms with van der Waals surface area (Å²) in [6.07, 6.45) is 6.43. The number of hydrogen-bond acceptors (Lipinski definition) is 2. The van der Waals surface area contributed by atoms with E-state index in [1.54, 1.807) is 30.4 Å². The number of carbonyl (C=O) groups excluding carboxylic acids is 1. The van der Waals surface area contributed by atoms with Gasteiger partial charge in [-0.25, -0.2) is 4.79 Å². The first-order valence-electron chi connectivity index (χ1n) is 5.17. The van der Waals surface area contributed by atoms with E-state index in [9.17, 15) is 9.59 Å². The van der Waals surface area contributed by atoms with Gasteiger partial charge in [0.05, 0.1) is 11.3 Å². The molecule has 0 aliphatic rings. The first-order valence-corrected chi connectivity index (χ1v) is 6.25. The molecule has 0 aromatic heterocycles. The van der Waals surface area contributed by atoms with Crippen LogP contribution in [0.3, 0.4) is 0 Å². The van der Waals surface area contributed by atoms with Gasteiger partial charge in [0.1, 0.15) is 0 Å². The number of halogens is 1. The van der Waals surface area contributed by atoms with E-state index in [1.807, 2.05) is 29.5 Å². The van der Waals surface area contributed by atoms with Crippen LogP contribution in [0, 0.1) is 3.57 Å². The number of carboxylic acid groups (broad SMARTS) is 1. The molecule has 0 unspecified atom stereocenters. The summed E-state index contributed by atoms with van der Waals surface area (Å²) in [6.45, 7) is 1.84. The summed E-state index contributed by atoms with van der Waals surface area (Å²) in [5.74, 6) is -1.43. The van der Waals surface area contributed by atoms with Crippen LogP contribution in [0.1, 0.15) is 17.3 Å². The molecule has 0 saturated carbocycles. The van der Waals surface area contributed by atoms with Crippen molar-refractivity contribution in [2.75, 3.05) is 5.32 Å². The lowest BCUT2D eigenvalue weighted by Gasteiger charge is -2.06. The maximum absolute atomic E-state index is 11.5. The van der Waals surface area contributed by atoms with Crippen LogP contribution >= 0.6 is 22.6 Å². The highest BCUT2D eigenvalue weighted by Crippen LogP contribution is 2.18. The number of hydrogen-bond donors (Lipinski definition) is 2. The minimum absolute atomic E-state index is 0.0784. The second-order valence-corrected chi connectivity index (χ2v) is 4.61. The van der Waals surface area contributed by atoms with E-state index in [4.69, 9.17) is 5.11 Å². The summed E-state index contributed by atoms with van der Waals surface area (Å²) < 4.78 is 0.799. The topological polar surface area (TPSA) is 66.4 Å². The molecule has 0 bridgehead atoms. The maximum atomic E-state index is 11.5. The molecule has 1 aromatic rings. The van der Waals surface area contributed by atoms with Gasteiger partial charge >= 0.3 is 5.97 Å². The zero-order chi connectivity index (χ0) is 13.5. The quantitative estimate of drug-likeness (QED) is 0.495. The first-order chi connectivity index (χ1) is 8.54. The molecule has 1 rings (SSSR count). The highest BCUT2D eigenvalue weighted by Gasteiger charge is 2.11. The number of amides is 1. The lowest BCUT2D eigenvalue weighted by Crippen LogP contribution is -2.12. The zero-order valence-electron chi connectivity index (χ0n) is 9.68. The van der Waals surface area contributed by atoms with E-state index in [0.29, 0.717) is 0 Å². The maximum Gasteiger partial charge on any atom is 0.337 e. The fourth-order valence-electron chi connectivity index (χ4n) is 1.23. The van der Waals surface area contributed by atoms with Crippen LogP contribution in [0.2, 0.25) is 0 Å². The van der Waals surface area contributed by atoms with Gasteiger partial charge in [0.15, 0.2) is 0 Å². The second-order valence-electron chi connectivity index (χ2n) is 3.37. The van der Waals surface area contributed by atoms with Crippen LogP contribution < -0.4 is 5.32 Å². The Balaban J connectivity index is 2.90.